The van der Waals surface area contributed by atoms with Crippen molar-refractivity contribution in [2.75, 3.05) is 26.2 Å². The average molecular weight is 171 g/mol. The van der Waals surface area contributed by atoms with Gasteiger partial charge in [0.05, 0.1) is 6.17 Å². The molecular formula is C9H21N3. The van der Waals surface area contributed by atoms with E-state index >= 15 is 0 Å². The third-order valence-corrected chi connectivity index (χ3v) is 2.27. The summed E-state index contributed by atoms with van der Waals surface area (Å²) < 4.78 is 0. The molecule has 1 aliphatic heterocycles. The van der Waals surface area contributed by atoms with Gasteiger partial charge in [-0.1, -0.05) is 0 Å². The van der Waals surface area contributed by atoms with E-state index in [0.29, 0.717) is 12.2 Å². The van der Waals surface area contributed by atoms with Gasteiger partial charge < -0.3 is 5.32 Å². The fourth-order valence-electron chi connectivity index (χ4n) is 1.66. The van der Waals surface area contributed by atoms with E-state index in [4.69, 9.17) is 0 Å². The molecular weight excluding hydrogens is 150 g/mol. The summed E-state index contributed by atoms with van der Waals surface area (Å²) in [4.78, 5) is 2.48. The first-order valence-corrected chi connectivity index (χ1v) is 4.91. The summed E-state index contributed by atoms with van der Waals surface area (Å²) in [5.41, 5.74) is 0. The van der Waals surface area contributed by atoms with Crippen molar-refractivity contribution < 1.29 is 0 Å². The lowest BCUT2D eigenvalue weighted by atomic mass is 10.3. The summed E-state index contributed by atoms with van der Waals surface area (Å²) in [5, 5.41) is 6.86. The van der Waals surface area contributed by atoms with Crippen LogP contribution in [0.15, 0.2) is 0 Å². The molecule has 0 saturated carbocycles. The van der Waals surface area contributed by atoms with E-state index < -0.39 is 0 Å². The zero-order valence-corrected chi connectivity index (χ0v) is 8.43. The Balaban J connectivity index is 2.24. The van der Waals surface area contributed by atoms with Crippen LogP contribution in [0, 0.1) is 0 Å². The van der Waals surface area contributed by atoms with Gasteiger partial charge in [0.15, 0.2) is 0 Å². The summed E-state index contributed by atoms with van der Waals surface area (Å²) in [6.45, 7) is 11.2. The van der Waals surface area contributed by atoms with Crippen molar-refractivity contribution in [2.45, 2.75) is 33.0 Å². The zero-order chi connectivity index (χ0) is 8.97. The molecule has 2 N–H and O–H groups in total. The Hall–Kier alpha value is -0.120. The van der Waals surface area contributed by atoms with Crippen LogP contribution in [0.1, 0.15) is 20.8 Å². The van der Waals surface area contributed by atoms with Crippen molar-refractivity contribution in [2.24, 2.45) is 0 Å². The molecule has 0 aromatic carbocycles. The van der Waals surface area contributed by atoms with E-state index in [1.807, 2.05) is 0 Å². The number of nitrogens with one attached hydrogen (secondary N) is 2. The van der Waals surface area contributed by atoms with Gasteiger partial charge in [-0.05, 0) is 20.8 Å². The van der Waals surface area contributed by atoms with Crippen LogP contribution in [-0.2, 0) is 0 Å². The minimum atomic E-state index is 0.520. The van der Waals surface area contributed by atoms with Crippen molar-refractivity contribution >= 4 is 0 Å². The molecule has 72 valence electrons. The summed E-state index contributed by atoms with van der Waals surface area (Å²) >= 11 is 0. The number of rotatable bonds is 3. The van der Waals surface area contributed by atoms with Crippen LogP contribution in [-0.4, -0.2) is 43.3 Å². The van der Waals surface area contributed by atoms with Crippen LogP contribution >= 0.6 is 0 Å². The van der Waals surface area contributed by atoms with Gasteiger partial charge in [-0.15, -0.1) is 0 Å². The normalized spacial score (nSPS) is 23.0. The van der Waals surface area contributed by atoms with E-state index in [1.54, 1.807) is 0 Å². The van der Waals surface area contributed by atoms with Crippen LogP contribution in [0.2, 0.25) is 0 Å². The maximum absolute atomic E-state index is 3.51. The van der Waals surface area contributed by atoms with Crippen molar-refractivity contribution in [1.29, 1.82) is 0 Å². The maximum atomic E-state index is 3.51. The molecule has 3 heteroatoms. The molecule has 0 aromatic rings. The standard InChI is InChI=1S/C9H21N3/c1-8(2)11-9(3)12-6-4-10-5-7-12/h8-11H,4-7H2,1-3H3. The van der Waals surface area contributed by atoms with E-state index in [0.717, 1.165) is 13.1 Å². The number of piperazine rings is 1. The monoisotopic (exact) mass is 171 g/mol. The van der Waals surface area contributed by atoms with Crippen LogP contribution in [0.5, 0.6) is 0 Å². The molecule has 1 saturated heterocycles. The SMILES string of the molecule is CC(C)NC(C)N1CCNCC1. The number of hydrogen-bond acceptors (Lipinski definition) is 3. The lowest BCUT2D eigenvalue weighted by molar-refractivity contribution is 0.150. The van der Waals surface area contributed by atoms with Crippen molar-refractivity contribution in [3.8, 4) is 0 Å². The highest BCUT2D eigenvalue weighted by molar-refractivity contribution is 4.73. The van der Waals surface area contributed by atoms with Gasteiger partial charge in [0.2, 0.25) is 0 Å². The Bertz CT molecular complexity index is 119. The second kappa shape index (κ2) is 4.80. The number of nitrogens with zero attached hydrogens (tertiary/aromatic N) is 1. The first-order chi connectivity index (χ1) is 5.70. The summed E-state index contributed by atoms with van der Waals surface area (Å²) in [5.74, 6) is 0. The first-order valence-electron chi connectivity index (χ1n) is 4.91. The molecule has 0 aliphatic carbocycles. The molecule has 1 aliphatic rings. The highest BCUT2D eigenvalue weighted by Crippen LogP contribution is 1.98. The van der Waals surface area contributed by atoms with E-state index in [1.165, 1.54) is 13.1 Å². The predicted molar refractivity (Wildman–Crippen MR) is 52.2 cm³/mol. The Morgan fingerprint density at radius 2 is 1.75 bits per heavy atom. The third-order valence-electron chi connectivity index (χ3n) is 2.27. The molecule has 3 nitrogen and oxygen atoms in total. The van der Waals surface area contributed by atoms with Gasteiger partial charge in [0.25, 0.3) is 0 Å². The first kappa shape index (κ1) is 9.96. The molecule has 12 heavy (non-hydrogen) atoms. The van der Waals surface area contributed by atoms with Gasteiger partial charge in [0.1, 0.15) is 0 Å². The summed E-state index contributed by atoms with van der Waals surface area (Å²) in [6, 6.07) is 0.579. The lowest BCUT2D eigenvalue weighted by Gasteiger charge is -2.34. The lowest BCUT2D eigenvalue weighted by Crippen LogP contribution is -2.53. The minimum absolute atomic E-state index is 0.520. The van der Waals surface area contributed by atoms with Crippen molar-refractivity contribution in [3.63, 3.8) is 0 Å². The van der Waals surface area contributed by atoms with Crippen LogP contribution in [0.25, 0.3) is 0 Å². The highest BCUT2D eigenvalue weighted by atomic mass is 15.3. The van der Waals surface area contributed by atoms with Crippen LogP contribution < -0.4 is 10.6 Å². The molecule has 1 heterocycles. The quantitative estimate of drug-likeness (QED) is 0.637. The molecule has 1 fully saturated rings. The van der Waals surface area contributed by atoms with Gasteiger partial charge in [-0.3, -0.25) is 10.2 Å². The summed E-state index contributed by atoms with van der Waals surface area (Å²) in [6.07, 6.45) is 0.520. The Morgan fingerprint density at radius 3 is 2.25 bits per heavy atom. The van der Waals surface area contributed by atoms with E-state index in [2.05, 4.69) is 36.3 Å². The van der Waals surface area contributed by atoms with Crippen molar-refractivity contribution in [1.82, 2.24) is 15.5 Å². The molecule has 0 bridgehead atoms. The van der Waals surface area contributed by atoms with Gasteiger partial charge in [-0.25, -0.2) is 0 Å². The Morgan fingerprint density at radius 1 is 1.17 bits per heavy atom. The molecule has 0 aromatic heterocycles. The summed E-state index contributed by atoms with van der Waals surface area (Å²) in [7, 11) is 0. The average Bonchev–Trinajstić information content (AvgIpc) is 2.05. The van der Waals surface area contributed by atoms with E-state index in [-0.39, 0.29) is 0 Å². The molecule has 1 rings (SSSR count). The van der Waals surface area contributed by atoms with Gasteiger partial charge >= 0.3 is 0 Å². The fourth-order valence-corrected chi connectivity index (χ4v) is 1.66. The second-order valence-corrected chi connectivity index (χ2v) is 3.78. The van der Waals surface area contributed by atoms with Crippen molar-refractivity contribution in [3.05, 3.63) is 0 Å². The second-order valence-electron chi connectivity index (χ2n) is 3.78. The minimum Gasteiger partial charge on any atom is -0.314 e. The van der Waals surface area contributed by atoms with Crippen LogP contribution in [0.3, 0.4) is 0 Å². The van der Waals surface area contributed by atoms with Gasteiger partial charge in [0, 0.05) is 32.2 Å². The molecule has 1 unspecified atom stereocenters. The molecule has 1 atom stereocenters. The van der Waals surface area contributed by atoms with E-state index in [9.17, 15) is 0 Å². The highest BCUT2D eigenvalue weighted by Gasteiger charge is 2.15. The van der Waals surface area contributed by atoms with Crippen LogP contribution in [0.4, 0.5) is 0 Å². The van der Waals surface area contributed by atoms with Gasteiger partial charge in [-0.2, -0.15) is 0 Å². The largest absolute Gasteiger partial charge is 0.314 e. The fraction of sp³-hybridized carbons (Fsp3) is 1.00. The Labute approximate surface area is 75.5 Å². The molecule has 0 spiro atoms. The number of hydrogen-bond donors (Lipinski definition) is 2. The predicted octanol–water partition coefficient (Wildman–Crippen LogP) is 0.236. The molecule has 0 amide bonds. The maximum Gasteiger partial charge on any atom is 0.0570 e. The topological polar surface area (TPSA) is 27.3 Å². The Kier molecular flexibility index (Phi) is 3.98. The zero-order valence-electron chi connectivity index (χ0n) is 8.43. The smallest absolute Gasteiger partial charge is 0.0570 e. The third kappa shape index (κ3) is 3.09. The molecule has 0 radical (unpaired) electrons.